The zero-order chi connectivity index (χ0) is 46.1. The summed E-state index contributed by atoms with van der Waals surface area (Å²) < 4.78 is 0. The van der Waals surface area contributed by atoms with E-state index in [0.29, 0.717) is 0 Å². The second kappa shape index (κ2) is 18.7. The molecule has 8 aromatic rings. The summed E-state index contributed by atoms with van der Waals surface area (Å²) in [5.74, 6) is 0.399. The van der Waals surface area contributed by atoms with Crippen molar-refractivity contribution in [2.24, 2.45) is 11.8 Å². The van der Waals surface area contributed by atoms with Crippen molar-refractivity contribution in [2.75, 3.05) is 0 Å². The molecule has 0 amide bonds. The molecule has 4 aliphatic rings. The highest BCUT2D eigenvalue weighted by atomic mass is 16.1. The number of rotatable bonds is 10. The molecule has 0 fully saturated rings. The van der Waals surface area contributed by atoms with E-state index in [9.17, 15) is 9.59 Å². The van der Waals surface area contributed by atoms with Gasteiger partial charge >= 0.3 is 0 Å². The van der Waals surface area contributed by atoms with E-state index in [2.05, 4.69) is 147 Å². The number of carbonyl (C=O) groups is 2. The molecule has 2 atom stereocenters. The molecule has 12 rings (SSSR count). The van der Waals surface area contributed by atoms with Gasteiger partial charge in [-0.3, -0.25) is 9.59 Å². The van der Waals surface area contributed by atoms with Gasteiger partial charge in [0.2, 0.25) is 0 Å². The number of hydrogen-bond acceptors (Lipinski definition) is 2. The van der Waals surface area contributed by atoms with Crippen molar-refractivity contribution in [2.45, 2.75) is 65.2 Å². The average molecular weight is 881 g/mol. The molecule has 2 heteroatoms. The van der Waals surface area contributed by atoms with Gasteiger partial charge in [0.25, 0.3) is 0 Å². The SMILES string of the molecule is CC1=C(CCC2=C(C)c3cccc(-c4ccccc4)c3C2)Cc2c1cccc2-c1ccccc1.O=C1c2cccc(-c3ccccc3)c2CC1CCC1Cc2c(cccc2-c2ccccc2)C1=O. The molecule has 0 radical (unpaired) electrons. The lowest BCUT2D eigenvalue weighted by Crippen LogP contribution is -2.15. The fraction of sp³-hybridized carbons (Fsp3) is 0.182. The van der Waals surface area contributed by atoms with Gasteiger partial charge in [-0.1, -0.05) is 205 Å². The van der Waals surface area contributed by atoms with Gasteiger partial charge in [0, 0.05) is 23.0 Å². The van der Waals surface area contributed by atoms with E-state index in [-0.39, 0.29) is 23.4 Å². The first-order valence-corrected chi connectivity index (χ1v) is 24.6. The Labute approximate surface area is 401 Å². The Morgan fingerprint density at radius 1 is 0.324 bits per heavy atom. The van der Waals surface area contributed by atoms with Crippen molar-refractivity contribution in [3.63, 3.8) is 0 Å². The first kappa shape index (κ1) is 43.2. The third-order valence-corrected chi connectivity index (χ3v) is 15.5. The molecule has 0 N–H and O–H groups in total. The van der Waals surface area contributed by atoms with Crippen molar-refractivity contribution in [1.29, 1.82) is 0 Å². The Morgan fingerprint density at radius 3 is 0.926 bits per heavy atom. The molecule has 0 aliphatic heterocycles. The van der Waals surface area contributed by atoms with E-state index in [4.69, 9.17) is 0 Å². The van der Waals surface area contributed by atoms with Crippen LogP contribution >= 0.6 is 0 Å². The lowest BCUT2D eigenvalue weighted by molar-refractivity contribution is 0.0888. The van der Waals surface area contributed by atoms with Gasteiger partial charge in [0.15, 0.2) is 11.6 Å². The lowest BCUT2D eigenvalue weighted by Gasteiger charge is -2.12. The Bertz CT molecular complexity index is 3040. The molecular formula is C66H56O2. The highest BCUT2D eigenvalue weighted by Gasteiger charge is 2.36. The van der Waals surface area contributed by atoms with Crippen LogP contribution in [-0.2, 0) is 25.7 Å². The van der Waals surface area contributed by atoms with Crippen LogP contribution in [0.4, 0.5) is 0 Å². The van der Waals surface area contributed by atoms with E-state index in [0.717, 1.165) is 95.9 Å². The third kappa shape index (κ3) is 8.13. The Morgan fingerprint density at radius 2 is 0.603 bits per heavy atom. The highest BCUT2D eigenvalue weighted by molar-refractivity contribution is 6.05. The summed E-state index contributed by atoms with van der Waals surface area (Å²) in [6.07, 6.45) is 7.51. The molecule has 8 aromatic carbocycles. The van der Waals surface area contributed by atoms with E-state index in [1.807, 2.05) is 60.7 Å². The van der Waals surface area contributed by atoms with Crippen LogP contribution in [0.5, 0.6) is 0 Å². The van der Waals surface area contributed by atoms with E-state index < -0.39 is 0 Å². The quantitative estimate of drug-likeness (QED) is 0.137. The molecule has 0 saturated heterocycles. The molecule has 0 aromatic heterocycles. The zero-order valence-electron chi connectivity index (χ0n) is 39.1. The van der Waals surface area contributed by atoms with Crippen molar-refractivity contribution in [3.8, 4) is 44.5 Å². The number of Topliss-reactive ketones (excluding diaryl/α,β-unsaturated/α-hetero) is 2. The van der Waals surface area contributed by atoms with Crippen molar-refractivity contribution < 1.29 is 9.59 Å². The number of ketones is 2. The number of allylic oxidation sites excluding steroid dienone is 4. The fourth-order valence-corrected chi connectivity index (χ4v) is 11.8. The molecule has 0 saturated carbocycles. The number of carbonyl (C=O) groups excluding carboxylic acids is 2. The summed E-state index contributed by atoms with van der Waals surface area (Å²) >= 11 is 0. The van der Waals surface area contributed by atoms with Crippen molar-refractivity contribution in [1.82, 2.24) is 0 Å². The Hall–Kier alpha value is -7.42. The predicted octanol–water partition coefficient (Wildman–Crippen LogP) is 16.4. The molecule has 4 aliphatic carbocycles. The van der Waals surface area contributed by atoms with Crippen molar-refractivity contribution in [3.05, 3.63) is 250 Å². The zero-order valence-corrected chi connectivity index (χ0v) is 39.1. The first-order valence-electron chi connectivity index (χ1n) is 24.6. The maximum absolute atomic E-state index is 13.2. The van der Waals surface area contributed by atoms with Crippen LogP contribution in [0.25, 0.3) is 55.7 Å². The van der Waals surface area contributed by atoms with Crippen LogP contribution in [0.2, 0.25) is 0 Å². The highest BCUT2D eigenvalue weighted by Crippen LogP contribution is 2.45. The number of fused-ring (bicyclic) bond motifs is 4. The first-order chi connectivity index (χ1) is 33.4. The standard InChI is InChI=1S/C34H30.C32H26O2/c1-23-27(21-33-29(23)15-9-17-31(33)25-11-5-3-6-12-25)19-20-28-22-34-30(24(28)2)16-10-18-32(34)26-13-7-4-8-14-26;33-31-23(19-29-25(13-7-15-27(29)31)21-9-3-1-4-10-21)17-18-24-20-30-26(22-11-5-2-6-12-22)14-8-16-28(30)32(24)34/h3-18H,19-22H2,1-2H3;1-16,23-24H,17-20H2. The minimum absolute atomic E-state index is 0.0371. The summed E-state index contributed by atoms with van der Waals surface area (Å²) in [4.78, 5) is 26.5. The van der Waals surface area contributed by atoms with Gasteiger partial charge in [-0.2, -0.15) is 0 Å². The topological polar surface area (TPSA) is 34.1 Å². The molecule has 0 bridgehead atoms. The molecule has 0 spiro atoms. The van der Waals surface area contributed by atoms with Crippen molar-refractivity contribution >= 4 is 22.7 Å². The molecule has 2 unspecified atom stereocenters. The summed E-state index contributed by atoms with van der Waals surface area (Å²) in [5.41, 5.74) is 26.2. The number of hydrogen-bond donors (Lipinski definition) is 0. The number of benzene rings is 8. The molecule has 0 heterocycles. The Kier molecular flexibility index (Phi) is 11.9. The summed E-state index contributed by atoms with van der Waals surface area (Å²) in [6, 6.07) is 68.1. The van der Waals surface area contributed by atoms with Gasteiger partial charge in [-0.05, 0) is 154 Å². The van der Waals surface area contributed by atoms with Crippen LogP contribution in [0, 0.1) is 11.8 Å². The molecular weight excluding hydrogens is 825 g/mol. The second-order valence-corrected chi connectivity index (χ2v) is 19.2. The minimum Gasteiger partial charge on any atom is -0.294 e. The van der Waals surface area contributed by atoms with Gasteiger partial charge in [-0.15, -0.1) is 0 Å². The second-order valence-electron chi connectivity index (χ2n) is 19.2. The van der Waals surface area contributed by atoms with E-state index in [1.165, 1.54) is 55.7 Å². The third-order valence-electron chi connectivity index (χ3n) is 15.5. The average Bonchev–Trinajstić information content (AvgIpc) is 4.12. The van der Waals surface area contributed by atoms with E-state index in [1.54, 1.807) is 11.1 Å². The summed E-state index contributed by atoms with van der Waals surface area (Å²) in [5, 5.41) is 0. The normalized spacial score (nSPS) is 16.6. The smallest absolute Gasteiger partial charge is 0.166 e. The van der Waals surface area contributed by atoms with Gasteiger partial charge in [-0.25, -0.2) is 0 Å². The predicted molar refractivity (Wildman–Crippen MR) is 282 cm³/mol. The maximum atomic E-state index is 13.2. The van der Waals surface area contributed by atoms with Gasteiger partial charge in [0.1, 0.15) is 0 Å². The van der Waals surface area contributed by atoms with E-state index >= 15 is 0 Å². The minimum atomic E-state index is -0.0371. The molecule has 68 heavy (non-hydrogen) atoms. The Balaban J connectivity index is 0.000000149. The molecule has 332 valence electrons. The summed E-state index contributed by atoms with van der Waals surface area (Å²) in [7, 11) is 0. The van der Waals surface area contributed by atoms with Gasteiger partial charge < -0.3 is 0 Å². The van der Waals surface area contributed by atoms with Crippen LogP contribution in [-0.4, -0.2) is 11.6 Å². The van der Waals surface area contributed by atoms with Crippen LogP contribution in [0.15, 0.2) is 205 Å². The molecule has 2 nitrogen and oxygen atoms in total. The van der Waals surface area contributed by atoms with Gasteiger partial charge in [0.05, 0.1) is 0 Å². The van der Waals surface area contributed by atoms with Crippen LogP contribution in [0.3, 0.4) is 0 Å². The largest absolute Gasteiger partial charge is 0.294 e. The lowest BCUT2D eigenvalue weighted by atomic mass is 9.90. The maximum Gasteiger partial charge on any atom is 0.166 e. The van der Waals surface area contributed by atoms with Crippen LogP contribution in [0.1, 0.15) is 93.6 Å². The monoisotopic (exact) mass is 880 g/mol. The summed E-state index contributed by atoms with van der Waals surface area (Å²) in [6.45, 7) is 4.65. The van der Waals surface area contributed by atoms with Crippen LogP contribution < -0.4 is 0 Å². The fourth-order valence-electron chi connectivity index (χ4n) is 11.8.